The maximum absolute atomic E-state index is 12.9. The highest BCUT2D eigenvalue weighted by molar-refractivity contribution is 7.87. The topological polar surface area (TPSA) is 80.7 Å². The molecule has 0 aliphatic rings. The van der Waals surface area contributed by atoms with Crippen molar-refractivity contribution in [3.63, 3.8) is 0 Å². The minimum atomic E-state index is -6.31. The van der Waals surface area contributed by atoms with Gasteiger partial charge in [-0.3, -0.25) is 9.35 Å². The molecule has 10 heteroatoms. The summed E-state index contributed by atoms with van der Waals surface area (Å²) in [5.41, 5.74) is 0. The van der Waals surface area contributed by atoms with Gasteiger partial charge in [0.15, 0.2) is 6.61 Å². The quantitative estimate of drug-likeness (QED) is 0.458. The Morgan fingerprint density at radius 3 is 2.11 bits per heavy atom. The zero-order chi connectivity index (χ0) is 14.8. The van der Waals surface area contributed by atoms with Crippen molar-refractivity contribution in [3.8, 4) is 0 Å². The third-order valence-electron chi connectivity index (χ3n) is 2.16. The van der Waals surface area contributed by atoms with Crippen LogP contribution in [0.15, 0.2) is 0 Å². The van der Waals surface area contributed by atoms with E-state index in [9.17, 15) is 30.8 Å². The van der Waals surface area contributed by atoms with Crippen LogP contribution in [0.1, 0.15) is 20.3 Å². The Labute approximate surface area is 101 Å². The Bertz CT molecular complexity index is 406. The van der Waals surface area contributed by atoms with E-state index in [2.05, 4.69) is 4.74 Å². The molecule has 5 nitrogen and oxygen atoms in total. The molecular weight excluding hydrogens is 284 g/mol. The first-order chi connectivity index (χ1) is 7.87. The Morgan fingerprint density at radius 2 is 1.78 bits per heavy atom. The van der Waals surface area contributed by atoms with Crippen molar-refractivity contribution < 1.29 is 40.1 Å². The Hall–Kier alpha value is -0.900. The van der Waals surface area contributed by atoms with E-state index in [0.29, 0.717) is 0 Å². The van der Waals surface area contributed by atoms with Crippen molar-refractivity contribution in [1.82, 2.24) is 0 Å². The first-order valence-electron chi connectivity index (χ1n) is 4.76. The third kappa shape index (κ3) is 3.55. The van der Waals surface area contributed by atoms with Crippen LogP contribution in [0.3, 0.4) is 0 Å². The molecule has 0 amide bonds. The number of carbonyl (C=O) groups excluding carboxylic acids is 1. The highest BCUT2D eigenvalue weighted by Gasteiger charge is 2.66. The van der Waals surface area contributed by atoms with Crippen LogP contribution in [-0.2, 0) is 19.6 Å². The first kappa shape index (κ1) is 17.1. The molecule has 0 saturated heterocycles. The van der Waals surface area contributed by atoms with E-state index >= 15 is 0 Å². The predicted octanol–water partition coefficient (Wildman–Crippen LogP) is 1.69. The zero-order valence-corrected chi connectivity index (χ0v) is 10.3. The molecule has 1 unspecified atom stereocenters. The highest BCUT2D eigenvalue weighted by Crippen LogP contribution is 2.38. The van der Waals surface area contributed by atoms with Gasteiger partial charge in [-0.25, -0.2) is 0 Å². The van der Waals surface area contributed by atoms with E-state index in [-0.39, 0.29) is 6.42 Å². The minimum absolute atomic E-state index is 0.235. The molecular formula is C8H12F4O5S. The average molecular weight is 296 g/mol. The monoisotopic (exact) mass is 296 g/mol. The zero-order valence-electron chi connectivity index (χ0n) is 9.49. The van der Waals surface area contributed by atoms with Gasteiger partial charge >= 0.3 is 27.3 Å². The number of hydrogen-bond acceptors (Lipinski definition) is 4. The molecule has 0 radical (unpaired) electrons. The molecule has 0 rings (SSSR count). The van der Waals surface area contributed by atoms with Crippen LogP contribution in [0.2, 0.25) is 0 Å². The molecule has 108 valence electrons. The van der Waals surface area contributed by atoms with Gasteiger partial charge in [0.1, 0.15) is 0 Å². The van der Waals surface area contributed by atoms with Crippen molar-refractivity contribution in [3.05, 3.63) is 0 Å². The summed E-state index contributed by atoms with van der Waals surface area (Å²) in [4.78, 5) is 11.0. The number of carbonyl (C=O) groups is 1. The standard InChI is InChI=1S/C8H12F4O5S/c1-3-5(2)6(13)17-4-7(9,10)8(11,12)18(14,15)16/h5H,3-4H2,1-2H3,(H,14,15,16). The predicted molar refractivity (Wildman–Crippen MR) is 51.9 cm³/mol. The van der Waals surface area contributed by atoms with Gasteiger partial charge in [-0.1, -0.05) is 13.8 Å². The van der Waals surface area contributed by atoms with E-state index in [4.69, 9.17) is 4.55 Å². The van der Waals surface area contributed by atoms with Gasteiger partial charge in [0.25, 0.3) is 0 Å². The molecule has 0 aliphatic heterocycles. The van der Waals surface area contributed by atoms with Crippen molar-refractivity contribution in [2.75, 3.05) is 6.61 Å². The van der Waals surface area contributed by atoms with Crippen LogP contribution in [0.4, 0.5) is 17.6 Å². The van der Waals surface area contributed by atoms with E-state index in [1.54, 1.807) is 0 Å². The SMILES string of the molecule is CCC(C)C(=O)OCC(F)(F)C(F)(F)S(=O)(=O)O. The van der Waals surface area contributed by atoms with Crippen LogP contribution in [0, 0.1) is 5.92 Å². The fraction of sp³-hybridized carbons (Fsp3) is 0.875. The third-order valence-corrected chi connectivity index (χ3v) is 3.11. The van der Waals surface area contributed by atoms with Crippen molar-refractivity contribution in [2.45, 2.75) is 31.4 Å². The van der Waals surface area contributed by atoms with E-state index < -0.39 is 39.8 Å². The molecule has 0 aromatic carbocycles. The number of halogens is 4. The van der Waals surface area contributed by atoms with Crippen molar-refractivity contribution >= 4 is 16.1 Å². The average Bonchev–Trinajstić information content (AvgIpc) is 2.22. The van der Waals surface area contributed by atoms with E-state index in [0.717, 1.165) is 0 Å². The fourth-order valence-electron chi connectivity index (χ4n) is 0.743. The molecule has 0 spiro atoms. The summed E-state index contributed by atoms with van der Waals surface area (Å²) in [5.74, 6) is -7.17. The second-order valence-corrected chi connectivity index (χ2v) is 5.08. The summed E-state index contributed by atoms with van der Waals surface area (Å²) in [7, 11) is -6.31. The summed E-state index contributed by atoms with van der Waals surface area (Å²) in [6.07, 6.45) is 0.235. The highest BCUT2D eigenvalue weighted by atomic mass is 32.2. The van der Waals surface area contributed by atoms with Crippen LogP contribution in [0.5, 0.6) is 0 Å². The molecule has 0 aliphatic carbocycles. The second kappa shape index (κ2) is 5.39. The summed E-state index contributed by atoms with van der Waals surface area (Å²) in [6, 6.07) is 0. The lowest BCUT2D eigenvalue weighted by Crippen LogP contribution is -2.50. The van der Waals surface area contributed by atoms with E-state index in [1.165, 1.54) is 13.8 Å². The van der Waals surface area contributed by atoms with Crippen LogP contribution >= 0.6 is 0 Å². The normalized spacial score (nSPS) is 15.3. The molecule has 0 heterocycles. The van der Waals surface area contributed by atoms with Crippen molar-refractivity contribution in [1.29, 1.82) is 0 Å². The number of hydrogen-bond donors (Lipinski definition) is 1. The first-order valence-corrected chi connectivity index (χ1v) is 6.20. The van der Waals surface area contributed by atoms with Gasteiger partial charge in [-0.15, -0.1) is 0 Å². The number of esters is 1. The molecule has 0 aromatic heterocycles. The van der Waals surface area contributed by atoms with Crippen molar-refractivity contribution in [2.24, 2.45) is 5.92 Å². The van der Waals surface area contributed by atoms with Gasteiger partial charge < -0.3 is 4.74 Å². The summed E-state index contributed by atoms with van der Waals surface area (Å²) < 4.78 is 83.2. The molecule has 1 N–H and O–H groups in total. The molecule has 0 aromatic rings. The lowest BCUT2D eigenvalue weighted by molar-refractivity contribution is -0.198. The smallest absolute Gasteiger partial charge is 0.435 e. The maximum atomic E-state index is 12.9. The number of ether oxygens (including phenoxy) is 1. The Morgan fingerprint density at radius 1 is 1.33 bits per heavy atom. The fourth-order valence-corrected chi connectivity index (χ4v) is 1.18. The molecule has 0 fully saturated rings. The lowest BCUT2D eigenvalue weighted by atomic mass is 10.1. The Balaban J connectivity index is 4.83. The second-order valence-electron chi connectivity index (χ2n) is 3.61. The van der Waals surface area contributed by atoms with Gasteiger partial charge in [0, 0.05) is 0 Å². The van der Waals surface area contributed by atoms with Gasteiger partial charge in [0.2, 0.25) is 0 Å². The molecule has 1 atom stereocenters. The lowest BCUT2D eigenvalue weighted by Gasteiger charge is -2.23. The summed E-state index contributed by atoms with van der Waals surface area (Å²) in [6.45, 7) is 0.723. The molecule has 0 bridgehead atoms. The summed E-state index contributed by atoms with van der Waals surface area (Å²) in [5, 5.41) is -5.73. The van der Waals surface area contributed by atoms with Crippen LogP contribution in [0.25, 0.3) is 0 Å². The van der Waals surface area contributed by atoms with Gasteiger partial charge in [0.05, 0.1) is 5.92 Å². The Kier molecular flexibility index (Phi) is 5.12. The van der Waals surface area contributed by atoms with E-state index in [1.807, 2.05) is 0 Å². The summed E-state index contributed by atoms with van der Waals surface area (Å²) >= 11 is 0. The van der Waals surface area contributed by atoms with Crippen LogP contribution in [-0.4, -0.2) is 36.7 Å². The number of alkyl halides is 4. The largest absolute Gasteiger partial charge is 0.459 e. The molecule has 0 saturated carbocycles. The van der Waals surface area contributed by atoms with Gasteiger partial charge in [-0.05, 0) is 6.42 Å². The van der Waals surface area contributed by atoms with Crippen LogP contribution < -0.4 is 0 Å². The minimum Gasteiger partial charge on any atom is -0.459 e. The number of rotatable bonds is 6. The van der Waals surface area contributed by atoms with Gasteiger partial charge in [-0.2, -0.15) is 26.0 Å². The molecule has 18 heavy (non-hydrogen) atoms. The maximum Gasteiger partial charge on any atom is 0.435 e.